The normalized spacial score (nSPS) is 17.7. The van der Waals surface area contributed by atoms with Gasteiger partial charge in [-0.25, -0.2) is 4.79 Å². The fraction of sp³-hybridized carbons (Fsp3) is 0.857. The Morgan fingerprint density at radius 3 is 1.23 bits per heavy atom. The molecule has 0 aliphatic rings. The number of halogens is 12. The summed E-state index contributed by atoms with van der Waals surface area (Å²) in [6, 6.07) is 0. The molecule has 0 saturated heterocycles. The number of aliphatic carboxylic acids is 1. The van der Waals surface area contributed by atoms with Crippen molar-refractivity contribution in [2.45, 2.75) is 35.7 Å². The minimum Gasteiger partial charge on any atom is -0.477 e. The van der Waals surface area contributed by atoms with Crippen molar-refractivity contribution in [2.24, 2.45) is 0 Å². The van der Waals surface area contributed by atoms with Crippen LogP contribution < -0.4 is 0 Å². The van der Waals surface area contributed by atoms with Crippen LogP contribution >= 0.6 is 0 Å². The van der Waals surface area contributed by atoms with Crippen LogP contribution in [0.15, 0.2) is 0 Å². The van der Waals surface area contributed by atoms with Gasteiger partial charge in [0.2, 0.25) is 0 Å². The zero-order valence-electron chi connectivity index (χ0n) is 11.0. The van der Waals surface area contributed by atoms with Gasteiger partial charge in [-0.1, -0.05) is 0 Å². The summed E-state index contributed by atoms with van der Waals surface area (Å²) in [4.78, 5) is 10.2. The van der Waals surface area contributed by atoms with E-state index in [-0.39, 0.29) is 0 Å². The fourth-order valence-corrected chi connectivity index (χ4v) is 1.61. The zero-order chi connectivity index (χ0) is 21.8. The molecule has 0 rings (SSSR count). The Bertz CT molecular complexity index is 668. The van der Waals surface area contributed by atoms with E-state index in [0.717, 1.165) is 0 Å². The lowest BCUT2D eigenvalue weighted by atomic mass is 9.93. The van der Waals surface area contributed by atoms with Crippen LogP contribution in [0, 0.1) is 0 Å². The maximum atomic E-state index is 13.4. The first-order chi connectivity index (χ1) is 10.9. The highest BCUT2D eigenvalue weighted by atomic mass is 32.3. The molecule has 0 aromatic carbocycles. The van der Waals surface area contributed by atoms with Crippen molar-refractivity contribution < 1.29 is 79.7 Å². The van der Waals surface area contributed by atoms with Crippen molar-refractivity contribution >= 4 is 16.4 Å². The van der Waals surface area contributed by atoms with Crippen LogP contribution in [0.4, 0.5) is 52.7 Å². The Morgan fingerprint density at radius 2 is 1.00 bits per heavy atom. The molecule has 0 amide bonds. The van der Waals surface area contributed by atoms with Crippen molar-refractivity contribution in [3.8, 4) is 0 Å². The Balaban J connectivity index is 6.69. The van der Waals surface area contributed by atoms with Gasteiger partial charge in [0, 0.05) is 0 Å². The monoisotopic (exact) mass is 442 g/mol. The van der Waals surface area contributed by atoms with Crippen molar-refractivity contribution in [3.05, 3.63) is 0 Å². The van der Waals surface area contributed by atoms with Gasteiger partial charge in [0.1, 0.15) is 0 Å². The van der Waals surface area contributed by atoms with Gasteiger partial charge in [-0.05, 0) is 0 Å². The maximum absolute atomic E-state index is 13.4. The molecule has 156 valence electrons. The molecule has 1 unspecified atom stereocenters. The lowest BCUT2D eigenvalue weighted by Gasteiger charge is -2.39. The minimum atomic E-state index is -8.23. The second kappa shape index (κ2) is 6.01. The van der Waals surface area contributed by atoms with E-state index >= 15 is 0 Å². The SMILES string of the molecule is O=C(O)C(F)(OS(=O)(=O)O)C(F)(F)C(F)(F)C(F)(F)C(F)(F)C(F)(F)F. The molecule has 0 fully saturated rings. The number of carbonyl (C=O) groups is 1. The summed E-state index contributed by atoms with van der Waals surface area (Å²) in [6.45, 7) is 0. The van der Waals surface area contributed by atoms with E-state index in [0.29, 0.717) is 0 Å². The minimum absolute atomic E-state index is 2.00. The van der Waals surface area contributed by atoms with E-state index in [2.05, 4.69) is 0 Å². The van der Waals surface area contributed by atoms with Crippen LogP contribution in [0.2, 0.25) is 0 Å². The third kappa shape index (κ3) is 3.38. The van der Waals surface area contributed by atoms with E-state index in [1.54, 1.807) is 0 Å². The Labute approximate surface area is 133 Å². The van der Waals surface area contributed by atoms with E-state index in [9.17, 15) is 65.9 Å². The summed E-state index contributed by atoms with van der Waals surface area (Å²) in [5, 5.41) is 7.98. The van der Waals surface area contributed by atoms with Gasteiger partial charge in [-0.3, -0.25) is 4.55 Å². The Hall–Kier alpha value is -1.50. The lowest BCUT2D eigenvalue weighted by Crippen LogP contribution is -2.72. The van der Waals surface area contributed by atoms with Gasteiger partial charge < -0.3 is 5.11 Å². The van der Waals surface area contributed by atoms with Crippen LogP contribution in [0.1, 0.15) is 0 Å². The second-order valence-electron chi connectivity index (χ2n) is 4.21. The summed E-state index contributed by atoms with van der Waals surface area (Å²) in [5.74, 6) is -43.5. The van der Waals surface area contributed by atoms with Gasteiger partial charge in [0.05, 0.1) is 0 Å². The van der Waals surface area contributed by atoms with Crippen LogP contribution in [0.3, 0.4) is 0 Å². The van der Waals surface area contributed by atoms with Gasteiger partial charge in [-0.15, -0.1) is 0 Å². The predicted octanol–water partition coefficient (Wildman–Crippen LogP) is 2.66. The Morgan fingerprint density at radius 1 is 0.692 bits per heavy atom. The first kappa shape index (κ1) is 24.5. The van der Waals surface area contributed by atoms with Crippen LogP contribution in [-0.4, -0.2) is 59.8 Å². The highest BCUT2D eigenvalue weighted by molar-refractivity contribution is 7.81. The lowest BCUT2D eigenvalue weighted by molar-refractivity contribution is -0.439. The highest BCUT2D eigenvalue weighted by Gasteiger charge is 2.92. The van der Waals surface area contributed by atoms with Gasteiger partial charge in [-0.2, -0.15) is 65.3 Å². The molecule has 2 N–H and O–H groups in total. The molecule has 0 aromatic rings. The molecule has 0 bridgehead atoms. The van der Waals surface area contributed by atoms with E-state index in [1.165, 1.54) is 0 Å². The molecule has 0 aliphatic carbocycles. The number of hydrogen-bond donors (Lipinski definition) is 2. The van der Waals surface area contributed by atoms with E-state index in [4.69, 9.17) is 9.66 Å². The topological polar surface area (TPSA) is 101 Å². The standard InChI is InChI=1S/C7H2F12O6S/c8-2(1(20)21,25-26(22,23)24)3(9,10)4(11,12)5(13,14)6(15,16)7(17,18)19/h(H,20,21)(H,22,23,24). The van der Waals surface area contributed by atoms with Crippen LogP contribution in [0.25, 0.3) is 0 Å². The molecule has 19 heteroatoms. The average Bonchev–Trinajstić information content (AvgIpc) is 2.33. The summed E-state index contributed by atoms with van der Waals surface area (Å²) in [5.41, 5.74) is 0. The van der Waals surface area contributed by atoms with Gasteiger partial charge in [0.25, 0.3) is 0 Å². The summed E-state index contributed by atoms with van der Waals surface area (Å²) < 4.78 is 182. The molecule has 0 aliphatic heterocycles. The quantitative estimate of drug-likeness (QED) is 0.465. The highest BCUT2D eigenvalue weighted by Crippen LogP contribution is 2.60. The van der Waals surface area contributed by atoms with Crippen molar-refractivity contribution in [3.63, 3.8) is 0 Å². The molecular formula is C7H2F12O6S. The summed E-state index contributed by atoms with van der Waals surface area (Å²) >= 11 is 0. The van der Waals surface area contributed by atoms with Crippen LogP contribution in [-0.2, 0) is 19.4 Å². The molecule has 0 spiro atoms. The Kier molecular flexibility index (Phi) is 5.66. The number of carboxylic acid groups (broad SMARTS) is 1. The molecule has 0 heterocycles. The van der Waals surface area contributed by atoms with Crippen molar-refractivity contribution in [1.29, 1.82) is 0 Å². The van der Waals surface area contributed by atoms with E-state index in [1.807, 2.05) is 4.18 Å². The number of carboxylic acids is 1. The van der Waals surface area contributed by atoms with Crippen molar-refractivity contribution in [1.82, 2.24) is 0 Å². The molecule has 0 saturated carbocycles. The molecule has 1 atom stereocenters. The predicted molar refractivity (Wildman–Crippen MR) is 50.0 cm³/mol. The first-order valence-electron chi connectivity index (χ1n) is 5.08. The van der Waals surface area contributed by atoms with Gasteiger partial charge in [0.15, 0.2) is 0 Å². The van der Waals surface area contributed by atoms with E-state index < -0.39 is 52.1 Å². The third-order valence-electron chi connectivity index (χ3n) is 2.44. The fourth-order valence-electron chi connectivity index (χ4n) is 1.14. The maximum Gasteiger partial charge on any atom is 0.460 e. The third-order valence-corrected chi connectivity index (χ3v) is 2.88. The largest absolute Gasteiger partial charge is 0.477 e. The smallest absolute Gasteiger partial charge is 0.460 e. The molecule has 6 nitrogen and oxygen atoms in total. The average molecular weight is 442 g/mol. The summed E-state index contributed by atoms with van der Waals surface area (Å²) in [6.07, 6.45) is -7.62. The zero-order valence-corrected chi connectivity index (χ0v) is 11.8. The van der Waals surface area contributed by atoms with Gasteiger partial charge >= 0.3 is 52.1 Å². The molecule has 0 aromatic heterocycles. The molecular weight excluding hydrogens is 440 g/mol. The molecule has 26 heavy (non-hydrogen) atoms. The number of rotatable bonds is 7. The first-order valence-corrected chi connectivity index (χ1v) is 6.45. The molecule has 0 radical (unpaired) electrons. The summed E-state index contributed by atoms with van der Waals surface area (Å²) in [7, 11) is -6.80. The number of alkyl halides is 12. The second-order valence-corrected chi connectivity index (χ2v) is 5.23. The van der Waals surface area contributed by atoms with Crippen molar-refractivity contribution in [2.75, 3.05) is 0 Å². The number of hydrogen-bond acceptors (Lipinski definition) is 4. The van der Waals surface area contributed by atoms with Crippen LogP contribution in [0.5, 0.6) is 0 Å².